The highest BCUT2D eigenvalue weighted by Crippen LogP contribution is 2.48. The van der Waals surface area contributed by atoms with E-state index in [-0.39, 0.29) is 11.8 Å². The number of nitrogens with zero attached hydrogens (tertiary/aromatic N) is 2. The molecule has 0 aromatic heterocycles. The van der Waals surface area contributed by atoms with Gasteiger partial charge in [0.15, 0.2) is 0 Å². The van der Waals surface area contributed by atoms with Gasteiger partial charge in [-0.05, 0) is 32.1 Å². The van der Waals surface area contributed by atoms with Gasteiger partial charge in [0.1, 0.15) is 5.41 Å². The van der Waals surface area contributed by atoms with Crippen molar-refractivity contribution in [3.8, 4) is 6.07 Å². The number of amides is 1. The molecule has 3 fully saturated rings. The highest BCUT2D eigenvalue weighted by molar-refractivity contribution is 5.88. The van der Waals surface area contributed by atoms with Gasteiger partial charge in [0, 0.05) is 19.0 Å². The molecule has 1 aliphatic heterocycles. The number of rotatable bonds is 1. The van der Waals surface area contributed by atoms with E-state index in [9.17, 15) is 9.90 Å². The number of aliphatic hydroxyl groups is 1. The first-order valence-corrected chi connectivity index (χ1v) is 7.03. The van der Waals surface area contributed by atoms with Crippen molar-refractivity contribution in [1.29, 1.82) is 5.26 Å². The fourth-order valence-electron chi connectivity index (χ4n) is 3.56. The highest BCUT2D eigenvalue weighted by atomic mass is 16.3. The van der Waals surface area contributed by atoms with Crippen LogP contribution in [0.15, 0.2) is 0 Å². The Bertz CT molecular complexity index is 411. The highest BCUT2D eigenvalue weighted by Gasteiger charge is 2.54. The number of nitriles is 1. The zero-order valence-electron chi connectivity index (χ0n) is 10.7. The molecule has 1 saturated heterocycles. The second-order valence-corrected chi connectivity index (χ2v) is 6.24. The normalized spacial score (nSPS) is 37.6. The second kappa shape index (κ2) is 3.96. The summed E-state index contributed by atoms with van der Waals surface area (Å²) in [7, 11) is 0. The number of hydrogen-bond acceptors (Lipinski definition) is 3. The van der Waals surface area contributed by atoms with Crippen molar-refractivity contribution in [3.05, 3.63) is 0 Å². The Hall–Kier alpha value is -1.08. The molecule has 4 heteroatoms. The number of fused-ring (bicyclic) bond motifs is 1. The molecule has 0 aromatic rings. The smallest absolute Gasteiger partial charge is 0.243 e. The lowest BCUT2D eigenvalue weighted by molar-refractivity contribution is -0.146. The predicted molar refractivity (Wildman–Crippen MR) is 65.4 cm³/mol. The van der Waals surface area contributed by atoms with Crippen molar-refractivity contribution < 1.29 is 9.90 Å². The molecule has 0 aromatic carbocycles. The summed E-state index contributed by atoms with van der Waals surface area (Å²) in [6.45, 7) is 1.27. The van der Waals surface area contributed by atoms with Crippen LogP contribution in [0.2, 0.25) is 0 Å². The molecule has 2 atom stereocenters. The molecule has 4 nitrogen and oxygen atoms in total. The van der Waals surface area contributed by atoms with E-state index < -0.39 is 11.0 Å². The second-order valence-electron chi connectivity index (χ2n) is 6.24. The summed E-state index contributed by atoms with van der Waals surface area (Å²) in [5, 5.41) is 19.7. The minimum absolute atomic E-state index is 0.0117. The Labute approximate surface area is 108 Å². The molecule has 1 N–H and O–H groups in total. The number of likely N-dealkylation sites (tertiary alicyclic amines) is 1. The standard InChI is InChI=1S/C14H20N2O2/c15-10-13(5-6-13)12(17)16-8-7-14(18)4-2-1-3-11(14)9-16/h11,18H,1-9H2. The summed E-state index contributed by atoms with van der Waals surface area (Å²) >= 11 is 0. The molecule has 98 valence electrons. The fourth-order valence-corrected chi connectivity index (χ4v) is 3.56. The average Bonchev–Trinajstić information content (AvgIpc) is 3.18. The molecular formula is C14H20N2O2. The molecule has 1 amide bonds. The molecule has 2 unspecified atom stereocenters. The lowest BCUT2D eigenvalue weighted by atomic mass is 9.71. The molecule has 3 rings (SSSR count). The van der Waals surface area contributed by atoms with Gasteiger partial charge in [-0.1, -0.05) is 12.8 Å². The first-order valence-electron chi connectivity index (χ1n) is 7.03. The molecule has 2 aliphatic carbocycles. The van der Waals surface area contributed by atoms with Gasteiger partial charge >= 0.3 is 0 Å². The summed E-state index contributed by atoms with van der Waals surface area (Å²) in [6, 6.07) is 2.18. The van der Waals surface area contributed by atoms with Crippen LogP contribution in [0, 0.1) is 22.7 Å². The monoisotopic (exact) mass is 248 g/mol. The van der Waals surface area contributed by atoms with Crippen LogP contribution >= 0.6 is 0 Å². The fraction of sp³-hybridized carbons (Fsp3) is 0.857. The summed E-state index contributed by atoms with van der Waals surface area (Å²) in [5.74, 6) is 0.232. The van der Waals surface area contributed by atoms with E-state index in [4.69, 9.17) is 5.26 Å². The van der Waals surface area contributed by atoms with Gasteiger partial charge < -0.3 is 10.0 Å². The maximum absolute atomic E-state index is 12.3. The number of piperidine rings is 1. The van der Waals surface area contributed by atoms with Crippen LogP contribution in [0.4, 0.5) is 0 Å². The topological polar surface area (TPSA) is 64.3 Å². The van der Waals surface area contributed by atoms with Gasteiger partial charge in [0.25, 0.3) is 0 Å². The zero-order valence-corrected chi connectivity index (χ0v) is 10.7. The van der Waals surface area contributed by atoms with Gasteiger partial charge in [0.2, 0.25) is 5.91 Å². The molecule has 18 heavy (non-hydrogen) atoms. The molecule has 0 radical (unpaired) electrons. The van der Waals surface area contributed by atoms with E-state index in [2.05, 4.69) is 6.07 Å². The third-order valence-electron chi connectivity index (χ3n) is 5.09. The minimum Gasteiger partial charge on any atom is -0.389 e. The van der Waals surface area contributed by atoms with Crippen molar-refractivity contribution in [2.75, 3.05) is 13.1 Å². The lowest BCUT2D eigenvalue weighted by Crippen LogP contribution is -2.55. The molecule has 0 bridgehead atoms. The van der Waals surface area contributed by atoms with Gasteiger partial charge in [-0.3, -0.25) is 4.79 Å². The van der Waals surface area contributed by atoms with Crippen molar-refractivity contribution in [3.63, 3.8) is 0 Å². The number of carbonyl (C=O) groups is 1. The first kappa shape index (κ1) is 12.0. The first-order chi connectivity index (χ1) is 8.60. The largest absolute Gasteiger partial charge is 0.389 e. The predicted octanol–water partition coefficient (Wildman–Crippen LogP) is 1.44. The maximum Gasteiger partial charge on any atom is 0.243 e. The quantitative estimate of drug-likeness (QED) is 0.763. The summed E-state index contributed by atoms with van der Waals surface area (Å²) in [4.78, 5) is 14.1. The molecular weight excluding hydrogens is 228 g/mol. The lowest BCUT2D eigenvalue weighted by Gasteiger charge is -2.47. The minimum atomic E-state index is -0.704. The van der Waals surface area contributed by atoms with Crippen LogP contribution in [0.1, 0.15) is 44.9 Å². The van der Waals surface area contributed by atoms with E-state index >= 15 is 0 Å². The summed E-state index contributed by atoms with van der Waals surface area (Å²) in [6.07, 6.45) is 6.26. The van der Waals surface area contributed by atoms with Crippen molar-refractivity contribution in [2.45, 2.75) is 50.5 Å². The van der Waals surface area contributed by atoms with Crippen LogP contribution in [-0.2, 0) is 4.79 Å². The van der Waals surface area contributed by atoms with Crippen molar-refractivity contribution in [1.82, 2.24) is 4.90 Å². The van der Waals surface area contributed by atoms with E-state index in [1.807, 2.05) is 4.90 Å². The van der Waals surface area contributed by atoms with E-state index in [1.165, 1.54) is 0 Å². The van der Waals surface area contributed by atoms with Crippen LogP contribution in [0.5, 0.6) is 0 Å². The number of carbonyl (C=O) groups excluding carboxylic acids is 1. The molecule has 1 heterocycles. The van der Waals surface area contributed by atoms with Gasteiger partial charge in [0.05, 0.1) is 11.7 Å². The molecule has 0 spiro atoms. The van der Waals surface area contributed by atoms with E-state index in [1.54, 1.807) is 0 Å². The Morgan fingerprint density at radius 1 is 1.28 bits per heavy atom. The summed E-state index contributed by atoms with van der Waals surface area (Å²) < 4.78 is 0. The van der Waals surface area contributed by atoms with Crippen LogP contribution < -0.4 is 0 Å². The van der Waals surface area contributed by atoms with Gasteiger partial charge in [-0.15, -0.1) is 0 Å². The molecule has 2 saturated carbocycles. The van der Waals surface area contributed by atoms with Crippen LogP contribution in [0.3, 0.4) is 0 Å². The number of hydrogen-bond donors (Lipinski definition) is 1. The maximum atomic E-state index is 12.3. The van der Waals surface area contributed by atoms with E-state index in [0.29, 0.717) is 32.4 Å². The Kier molecular flexibility index (Phi) is 2.63. The Morgan fingerprint density at radius 3 is 2.72 bits per heavy atom. The van der Waals surface area contributed by atoms with Crippen LogP contribution in [0.25, 0.3) is 0 Å². The van der Waals surface area contributed by atoms with Crippen molar-refractivity contribution >= 4 is 5.91 Å². The van der Waals surface area contributed by atoms with Crippen LogP contribution in [-0.4, -0.2) is 34.6 Å². The Balaban J connectivity index is 1.71. The third kappa shape index (κ3) is 1.73. The van der Waals surface area contributed by atoms with Crippen molar-refractivity contribution in [2.24, 2.45) is 11.3 Å². The van der Waals surface area contributed by atoms with Gasteiger partial charge in [-0.25, -0.2) is 0 Å². The Morgan fingerprint density at radius 2 is 2.06 bits per heavy atom. The third-order valence-corrected chi connectivity index (χ3v) is 5.09. The average molecular weight is 248 g/mol. The van der Waals surface area contributed by atoms with Gasteiger partial charge in [-0.2, -0.15) is 5.26 Å². The SMILES string of the molecule is N#CC1(C(=O)N2CCC3(O)CCCCC3C2)CC1. The summed E-state index contributed by atoms with van der Waals surface area (Å²) in [5.41, 5.74) is -1.25. The zero-order chi connectivity index (χ0) is 12.8. The molecule has 3 aliphatic rings. The van der Waals surface area contributed by atoms with E-state index in [0.717, 1.165) is 25.7 Å².